The largest absolute Gasteiger partial charge is 0.358 e. The van der Waals surface area contributed by atoms with Crippen molar-refractivity contribution in [2.24, 2.45) is 5.92 Å². The van der Waals surface area contributed by atoms with E-state index < -0.39 is 0 Å². The minimum absolute atomic E-state index is 0.161. The lowest BCUT2D eigenvalue weighted by atomic mass is 9.91. The number of nitrogens with one attached hydrogen (secondary N) is 2. The Morgan fingerprint density at radius 2 is 2.17 bits per heavy atom. The van der Waals surface area contributed by atoms with Gasteiger partial charge in [0.25, 0.3) is 0 Å². The van der Waals surface area contributed by atoms with Crippen molar-refractivity contribution in [3.63, 3.8) is 0 Å². The van der Waals surface area contributed by atoms with Gasteiger partial charge in [-0.2, -0.15) is 0 Å². The molecule has 24 heavy (non-hydrogen) atoms. The van der Waals surface area contributed by atoms with Crippen LogP contribution in [0.15, 0.2) is 24.3 Å². The van der Waals surface area contributed by atoms with Gasteiger partial charge in [0.15, 0.2) is 0 Å². The first kappa shape index (κ1) is 16.0. The molecule has 1 aromatic carbocycles. The number of halogens is 2. The zero-order valence-corrected chi connectivity index (χ0v) is 14.9. The predicted octanol–water partition coefficient (Wildman–Crippen LogP) is 4.80. The highest BCUT2D eigenvalue weighted by atomic mass is 35.5. The molecule has 0 unspecified atom stereocenters. The van der Waals surface area contributed by atoms with Gasteiger partial charge in [0, 0.05) is 34.1 Å². The lowest BCUT2D eigenvalue weighted by Gasteiger charge is -2.24. The van der Waals surface area contributed by atoms with Gasteiger partial charge in [0.05, 0.1) is 5.02 Å². The summed E-state index contributed by atoms with van der Waals surface area (Å²) in [5.41, 5.74) is 3.43. The van der Waals surface area contributed by atoms with Crippen LogP contribution in [-0.4, -0.2) is 16.9 Å². The van der Waals surface area contributed by atoms with E-state index in [1.165, 1.54) is 11.3 Å². The number of benzene rings is 1. The van der Waals surface area contributed by atoms with Gasteiger partial charge < -0.3 is 10.3 Å². The molecule has 0 saturated carbocycles. The van der Waals surface area contributed by atoms with Crippen LogP contribution < -0.4 is 5.32 Å². The smallest absolute Gasteiger partial charge is 0.220 e. The first-order valence-corrected chi connectivity index (χ1v) is 9.30. The molecule has 4 rings (SSSR count). The number of fused-ring (bicyclic) bond motifs is 3. The van der Waals surface area contributed by atoms with Crippen LogP contribution in [0.3, 0.4) is 0 Å². The molecular formula is C19H20Cl2N2O. The number of hydrogen-bond acceptors (Lipinski definition) is 1. The molecule has 2 atom stereocenters. The fraction of sp³-hybridized carbons (Fsp3) is 0.421. The van der Waals surface area contributed by atoms with E-state index in [-0.39, 0.29) is 11.9 Å². The highest BCUT2D eigenvalue weighted by Gasteiger charge is 2.25. The summed E-state index contributed by atoms with van der Waals surface area (Å²) < 4.78 is 0. The summed E-state index contributed by atoms with van der Waals surface area (Å²) in [4.78, 5) is 15.7. The molecule has 1 amide bonds. The zero-order valence-electron chi connectivity index (χ0n) is 13.4. The topological polar surface area (TPSA) is 44.9 Å². The third kappa shape index (κ3) is 3.07. The standard InChI is InChI=1S/C19H20Cl2N2O/c20-12-8-15(21)19-14-10-13(5-6-16(14)23-17(19)9-12)22-18(24)7-11-3-1-2-4-11/h1,3,8-9,11,13,23H,2,4-7,10H2,(H,22,24)/t11-,13-/m0/s1. The Bertz CT molecular complexity index is 824. The molecule has 3 nitrogen and oxygen atoms in total. The van der Waals surface area contributed by atoms with Crippen molar-refractivity contribution in [3.05, 3.63) is 45.6 Å². The molecule has 1 heterocycles. The summed E-state index contributed by atoms with van der Waals surface area (Å²) >= 11 is 12.5. The molecule has 2 N–H and O–H groups in total. The molecule has 1 aromatic heterocycles. The molecule has 0 spiro atoms. The van der Waals surface area contributed by atoms with E-state index in [4.69, 9.17) is 23.2 Å². The molecule has 0 saturated heterocycles. The normalized spacial score (nSPS) is 22.8. The van der Waals surface area contributed by atoms with E-state index >= 15 is 0 Å². The molecule has 0 aliphatic heterocycles. The molecule has 2 aromatic rings. The number of aryl methyl sites for hydroxylation is 1. The SMILES string of the molecule is O=C(C[C@H]1C=CCC1)N[C@H]1CCc2[nH]c3cc(Cl)cc(Cl)c3c2C1. The van der Waals surface area contributed by atoms with Crippen molar-refractivity contribution in [2.45, 2.75) is 44.6 Å². The number of hydrogen-bond donors (Lipinski definition) is 2. The lowest BCUT2D eigenvalue weighted by molar-refractivity contribution is -0.122. The minimum atomic E-state index is 0.161. The molecule has 5 heteroatoms. The number of carbonyl (C=O) groups is 1. The fourth-order valence-corrected chi connectivity index (χ4v) is 4.59. The Morgan fingerprint density at radius 3 is 2.96 bits per heavy atom. The predicted molar refractivity (Wildman–Crippen MR) is 98.8 cm³/mol. The third-order valence-corrected chi connectivity index (χ3v) is 5.64. The average Bonchev–Trinajstić information content (AvgIpc) is 3.13. The third-order valence-electron chi connectivity index (χ3n) is 5.13. The van der Waals surface area contributed by atoms with E-state index in [0.29, 0.717) is 22.4 Å². The molecule has 2 aliphatic carbocycles. The quantitative estimate of drug-likeness (QED) is 0.756. The maximum atomic E-state index is 12.3. The second-order valence-corrected chi connectivity index (χ2v) is 7.71. The Morgan fingerprint density at radius 1 is 1.29 bits per heavy atom. The van der Waals surface area contributed by atoms with Crippen LogP contribution in [0.1, 0.15) is 36.9 Å². The van der Waals surface area contributed by atoms with Crippen LogP contribution in [0, 0.1) is 5.92 Å². The summed E-state index contributed by atoms with van der Waals surface area (Å²) in [6, 6.07) is 3.89. The first-order valence-electron chi connectivity index (χ1n) is 8.54. The second-order valence-electron chi connectivity index (χ2n) is 6.87. The van der Waals surface area contributed by atoms with Crippen molar-refractivity contribution in [3.8, 4) is 0 Å². The van der Waals surface area contributed by atoms with Crippen molar-refractivity contribution in [1.29, 1.82) is 0 Å². The summed E-state index contributed by atoms with van der Waals surface area (Å²) in [6.45, 7) is 0. The van der Waals surface area contributed by atoms with E-state index in [9.17, 15) is 4.79 Å². The summed E-state index contributed by atoms with van der Waals surface area (Å²) in [5, 5.41) is 5.58. The molecular weight excluding hydrogens is 343 g/mol. The van der Waals surface area contributed by atoms with Gasteiger partial charge in [-0.05, 0) is 55.7 Å². The van der Waals surface area contributed by atoms with E-state index in [1.54, 1.807) is 6.07 Å². The first-order chi connectivity index (χ1) is 11.6. The maximum Gasteiger partial charge on any atom is 0.220 e. The lowest BCUT2D eigenvalue weighted by Crippen LogP contribution is -2.39. The van der Waals surface area contributed by atoms with Crippen molar-refractivity contribution < 1.29 is 4.79 Å². The monoisotopic (exact) mass is 362 g/mol. The van der Waals surface area contributed by atoms with Crippen LogP contribution in [0.25, 0.3) is 10.9 Å². The summed E-state index contributed by atoms with van der Waals surface area (Å²) in [7, 11) is 0. The Kier molecular flexibility index (Phi) is 4.31. The van der Waals surface area contributed by atoms with E-state index in [2.05, 4.69) is 22.5 Å². The van der Waals surface area contributed by atoms with Gasteiger partial charge in [0.1, 0.15) is 0 Å². The zero-order chi connectivity index (χ0) is 16.7. The van der Waals surface area contributed by atoms with E-state index in [1.807, 2.05) is 6.07 Å². The highest BCUT2D eigenvalue weighted by Crippen LogP contribution is 2.36. The van der Waals surface area contributed by atoms with Crippen LogP contribution >= 0.6 is 23.2 Å². The van der Waals surface area contributed by atoms with Gasteiger partial charge in [-0.25, -0.2) is 0 Å². The Hall–Kier alpha value is -1.45. The maximum absolute atomic E-state index is 12.3. The summed E-state index contributed by atoms with van der Waals surface area (Å²) in [5.74, 6) is 0.572. The molecule has 0 bridgehead atoms. The van der Waals surface area contributed by atoms with Gasteiger partial charge in [-0.15, -0.1) is 0 Å². The van der Waals surface area contributed by atoms with Gasteiger partial charge >= 0.3 is 0 Å². The van der Waals surface area contributed by atoms with E-state index in [0.717, 1.165) is 43.0 Å². The number of amides is 1. The second kappa shape index (κ2) is 6.45. The number of aromatic amines is 1. The minimum Gasteiger partial charge on any atom is -0.358 e. The average molecular weight is 363 g/mol. The Labute approximate surface area is 151 Å². The summed E-state index contributed by atoms with van der Waals surface area (Å²) in [6.07, 6.45) is 9.84. The van der Waals surface area contributed by atoms with Gasteiger partial charge in [-0.3, -0.25) is 4.79 Å². The number of aromatic nitrogens is 1. The van der Waals surface area contributed by atoms with Crippen molar-refractivity contribution >= 4 is 40.0 Å². The highest BCUT2D eigenvalue weighted by molar-refractivity contribution is 6.38. The molecule has 2 aliphatic rings. The fourth-order valence-electron chi connectivity index (χ4n) is 3.99. The van der Waals surface area contributed by atoms with Gasteiger partial charge in [0.2, 0.25) is 5.91 Å². The van der Waals surface area contributed by atoms with Crippen LogP contribution in [0.2, 0.25) is 10.0 Å². The number of allylic oxidation sites excluding steroid dienone is 2. The number of H-pyrrole nitrogens is 1. The molecule has 0 fully saturated rings. The number of carbonyl (C=O) groups excluding carboxylic acids is 1. The number of rotatable bonds is 3. The van der Waals surface area contributed by atoms with Crippen molar-refractivity contribution in [1.82, 2.24) is 10.3 Å². The Balaban J connectivity index is 1.50. The van der Waals surface area contributed by atoms with Crippen LogP contribution in [-0.2, 0) is 17.6 Å². The molecule has 126 valence electrons. The van der Waals surface area contributed by atoms with Crippen LogP contribution in [0.5, 0.6) is 0 Å². The molecule has 0 radical (unpaired) electrons. The van der Waals surface area contributed by atoms with Crippen LogP contribution in [0.4, 0.5) is 0 Å². The van der Waals surface area contributed by atoms with Crippen molar-refractivity contribution in [2.75, 3.05) is 0 Å². The van der Waals surface area contributed by atoms with Gasteiger partial charge in [-0.1, -0.05) is 35.4 Å².